The minimum absolute atomic E-state index is 0.600. The van der Waals surface area contributed by atoms with E-state index in [-0.39, 0.29) is 0 Å². The number of hydrogen-bond acceptors (Lipinski definition) is 3. The molecule has 0 bridgehead atoms. The molecule has 0 unspecified atom stereocenters. The summed E-state index contributed by atoms with van der Waals surface area (Å²) >= 11 is 0. The standard InChI is InChI=1S/C13H20N2OS/c1-11-9-12(10-14-2)3-4-13(11)15-5-7-17(16)8-6-15/h3-4,9,14H,5-8,10H2,1-2H3. The normalized spacial score (nSPS) is 17.4. The third kappa shape index (κ3) is 3.07. The van der Waals surface area contributed by atoms with Gasteiger partial charge in [-0.25, -0.2) is 0 Å². The third-order valence-corrected chi connectivity index (χ3v) is 4.44. The van der Waals surface area contributed by atoms with Gasteiger partial charge in [-0.15, -0.1) is 0 Å². The maximum Gasteiger partial charge on any atom is 0.0411 e. The summed E-state index contributed by atoms with van der Waals surface area (Å²) in [6.45, 7) is 4.89. The fourth-order valence-corrected chi connectivity index (χ4v) is 3.32. The topological polar surface area (TPSA) is 32.3 Å². The van der Waals surface area contributed by atoms with Crippen molar-refractivity contribution in [2.45, 2.75) is 13.5 Å². The Morgan fingerprint density at radius 2 is 2.06 bits per heavy atom. The number of nitrogens with zero attached hydrogens (tertiary/aromatic N) is 1. The number of benzene rings is 1. The van der Waals surface area contributed by atoms with E-state index in [2.05, 4.69) is 35.3 Å². The van der Waals surface area contributed by atoms with E-state index in [1.807, 2.05) is 7.05 Å². The molecule has 0 spiro atoms. The first-order chi connectivity index (χ1) is 8.20. The van der Waals surface area contributed by atoms with Crippen molar-refractivity contribution in [3.8, 4) is 0 Å². The second kappa shape index (κ2) is 5.65. The van der Waals surface area contributed by atoms with Gasteiger partial charge in [-0.3, -0.25) is 4.21 Å². The first-order valence-electron chi connectivity index (χ1n) is 6.05. The van der Waals surface area contributed by atoms with Crippen molar-refractivity contribution in [1.82, 2.24) is 5.32 Å². The molecule has 0 saturated carbocycles. The third-order valence-electron chi connectivity index (χ3n) is 3.16. The molecule has 3 nitrogen and oxygen atoms in total. The van der Waals surface area contributed by atoms with Crippen LogP contribution >= 0.6 is 0 Å². The predicted octanol–water partition coefficient (Wildman–Crippen LogP) is 1.28. The molecule has 1 N–H and O–H groups in total. The summed E-state index contributed by atoms with van der Waals surface area (Å²) in [7, 11) is 1.36. The quantitative estimate of drug-likeness (QED) is 0.879. The van der Waals surface area contributed by atoms with Crippen LogP contribution in [0.15, 0.2) is 18.2 Å². The van der Waals surface area contributed by atoms with Crippen molar-refractivity contribution in [2.24, 2.45) is 0 Å². The second-order valence-corrected chi connectivity index (χ2v) is 6.18. The van der Waals surface area contributed by atoms with Gasteiger partial charge in [0.05, 0.1) is 0 Å². The molecule has 2 rings (SSSR count). The van der Waals surface area contributed by atoms with Gasteiger partial charge in [0.15, 0.2) is 0 Å². The Morgan fingerprint density at radius 1 is 1.35 bits per heavy atom. The molecule has 0 aromatic heterocycles. The molecule has 1 saturated heterocycles. The van der Waals surface area contributed by atoms with Crippen LogP contribution in [-0.4, -0.2) is 35.9 Å². The van der Waals surface area contributed by atoms with Gasteiger partial charge in [0.2, 0.25) is 0 Å². The Labute approximate surface area is 106 Å². The first-order valence-corrected chi connectivity index (χ1v) is 7.53. The van der Waals surface area contributed by atoms with Crippen LogP contribution in [0.1, 0.15) is 11.1 Å². The highest BCUT2D eigenvalue weighted by Gasteiger charge is 2.16. The van der Waals surface area contributed by atoms with Crippen LogP contribution in [0.5, 0.6) is 0 Å². The highest BCUT2D eigenvalue weighted by atomic mass is 32.2. The monoisotopic (exact) mass is 252 g/mol. The van der Waals surface area contributed by atoms with Crippen molar-refractivity contribution in [1.29, 1.82) is 0 Å². The molecule has 0 atom stereocenters. The van der Waals surface area contributed by atoms with E-state index in [0.29, 0.717) is 0 Å². The van der Waals surface area contributed by atoms with Gasteiger partial charge in [0.25, 0.3) is 0 Å². The first kappa shape index (κ1) is 12.6. The van der Waals surface area contributed by atoms with Gasteiger partial charge in [0.1, 0.15) is 0 Å². The number of anilines is 1. The van der Waals surface area contributed by atoms with E-state index >= 15 is 0 Å². The molecule has 0 radical (unpaired) electrons. The Bertz CT molecular complexity index is 410. The van der Waals surface area contributed by atoms with Crippen molar-refractivity contribution >= 4 is 16.5 Å². The zero-order valence-corrected chi connectivity index (χ0v) is 11.3. The average molecular weight is 252 g/mol. The summed E-state index contributed by atoms with van der Waals surface area (Å²) in [6.07, 6.45) is 0. The van der Waals surface area contributed by atoms with Gasteiger partial charge >= 0.3 is 0 Å². The van der Waals surface area contributed by atoms with Gasteiger partial charge in [-0.1, -0.05) is 12.1 Å². The maximum atomic E-state index is 11.3. The summed E-state index contributed by atoms with van der Waals surface area (Å²) in [4.78, 5) is 2.35. The molecule has 4 heteroatoms. The Balaban J connectivity index is 2.13. The van der Waals surface area contributed by atoms with Crippen molar-refractivity contribution in [3.05, 3.63) is 29.3 Å². The number of aryl methyl sites for hydroxylation is 1. The van der Waals surface area contributed by atoms with Crippen molar-refractivity contribution in [2.75, 3.05) is 36.5 Å². The van der Waals surface area contributed by atoms with Gasteiger partial charge in [-0.2, -0.15) is 0 Å². The molecule has 1 fully saturated rings. The molecule has 1 heterocycles. The highest BCUT2D eigenvalue weighted by molar-refractivity contribution is 7.85. The van der Waals surface area contributed by atoms with Gasteiger partial charge in [0, 0.05) is 47.6 Å². The smallest absolute Gasteiger partial charge is 0.0411 e. The van der Waals surface area contributed by atoms with Crippen LogP contribution < -0.4 is 10.2 Å². The van der Waals surface area contributed by atoms with E-state index in [4.69, 9.17) is 0 Å². The maximum absolute atomic E-state index is 11.3. The lowest BCUT2D eigenvalue weighted by Crippen LogP contribution is -2.38. The van der Waals surface area contributed by atoms with E-state index in [0.717, 1.165) is 31.1 Å². The average Bonchev–Trinajstić information content (AvgIpc) is 2.31. The minimum Gasteiger partial charge on any atom is -0.369 e. The zero-order valence-electron chi connectivity index (χ0n) is 10.5. The zero-order chi connectivity index (χ0) is 12.3. The molecule has 1 aromatic rings. The van der Waals surface area contributed by atoms with Crippen LogP contribution in [-0.2, 0) is 17.3 Å². The van der Waals surface area contributed by atoms with Crippen LogP contribution in [0.2, 0.25) is 0 Å². The molecule has 0 amide bonds. The molecule has 1 aliphatic rings. The summed E-state index contributed by atoms with van der Waals surface area (Å²) in [5.74, 6) is 1.61. The summed E-state index contributed by atoms with van der Waals surface area (Å²) in [6, 6.07) is 6.60. The Hall–Kier alpha value is -0.870. The van der Waals surface area contributed by atoms with Crippen LogP contribution in [0.25, 0.3) is 0 Å². The molecule has 17 heavy (non-hydrogen) atoms. The minimum atomic E-state index is -0.600. The summed E-state index contributed by atoms with van der Waals surface area (Å²) < 4.78 is 11.3. The molecular weight excluding hydrogens is 232 g/mol. The molecule has 1 aromatic carbocycles. The predicted molar refractivity (Wildman–Crippen MR) is 74.0 cm³/mol. The fourth-order valence-electron chi connectivity index (χ4n) is 2.27. The number of nitrogens with one attached hydrogen (secondary N) is 1. The molecule has 94 valence electrons. The fraction of sp³-hybridized carbons (Fsp3) is 0.538. The van der Waals surface area contributed by atoms with E-state index in [9.17, 15) is 4.21 Å². The summed E-state index contributed by atoms with van der Waals surface area (Å²) in [5, 5.41) is 3.16. The van der Waals surface area contributed by atoms with Crippen LogP contribution in [0.4, 0.5) is 5.69 Å². The lowest BCUT2D eigenvalue weighted by atomic mass is 10.1. The lowest BCUT2D eigenvalue weighted by Gasteiger charge is -2.30. The Morgan fingerprint density at radius 3 is 2.65 bits per heavy atom. The Kier molecular flexibility index (Phi) is 4.18. The summed E-state index contributed by atoms with van der Waals surface area (Å²) in [5.41, 5.74) is 3.92. The van der Waals surface area contributed by atoms with Crippen LogP contribution in [0.3, 0.4) is 0 Å². The highest BCUT2D eigenvalue weighted by Crippen LogP contribution is 2.22. The van der Waals surface area contributed by atoms with Gasteiger partial charge < -0.3 is 10.2 Å². The molecule has 1 aliphatic heterocycles. The van der Waals surface area contributed by atoms with Crippen LogP contribution in [0, 0.1) is 6.92 Å². The SMILES string of the molecule is CNCc1ccc(N2CCS(=O)CC2)c(C)c1. The van der Waals surface area contributed by atoms with Gasteiger partial charge in [-0.05, 0) is 31.2 Å². The van der Waals surface area contributed by atoms with Crippen molar-refractivity contribution < 1.29 is 4.21 Å². The lowest BCUT2D eigenvalue weighted by molar-refractivity contribution is 0.673. The number of rotatable bonds is 3. The van der Waals surface area contributed by atoms with E-state index in [1.165, 1.54) is 16.8 Å². The van der Waals surface area contributed by atoms with Crippen molar-refractivity contribution in [3.63, 3.8) is 0 Å². The largest absolute Gasteiger partial charge is 0.369 e. The number of hydrogen-bond donors (Lipinski definition) is 1. The van der Waals surface area contributed by atoms with E-state index in [1.54, 1.807) is 0 Å². The second-order valence-electron chi connectivity index (χ2n) is 4.49. The molecular formula is C13H20N2OS. The van der Waals surface area contributed by atoms with E-state index < -0.39 is 10.8 Å². The molecule has 0 aliphatic carbocycles.